The molecule has 0 aliphatic heterocycles. The molecule has 3 nitrogen and oxygen atoms in total. The van der Waals surface area contributed by atoms with Gasteiger partial charge in [0.2, 0.25) is 0 Å². The Labute approximate surface area is 102 Å². The van der Waals surface area contributed by atoms with Gasteiger partial charge in [-0.3, -0.25) is 5.32 Å². The summed E-state index contributed by atoms with van der Waals surface area (Å²) in [6, 6.07) is 10.3. The normalized spacial score (nSPS) is 18.2. The zero-order valence-electron chi connectivity index (χ0n) is 10.4. The molecule has 1 N–H and O–H groups in total. The number of aryl methyl sites for hydroxylation is 1. The molecular formula is C14H18N2O. The van der Waals surface area contributed by atoms with Crippen molar-refractivity contribution in [1.82, 2.24) is 5.32 Å². The molecule has 0 aromatic heterocycles. The van der Waals surface area contributed by atoms with E-state index >= 15 is 0 Å². The Morgan fingerprint density at radius 2 is 2.06 bits per heavy atom. The lowest BCUT2D eigenvalue weighted by molar-refractivity contribution is 0.211. The van der Waals surface area contributed by atoms with Crippen LogP contribution in [0.3, 0.4) is 0 Å². The molecule has 1 aliphatic carbocycles. The third-order valence-corrected chi connectivity index (χ3v) is 3.41. The maximum Gasteiger partial charge on any atom is 0.143 e. The van der Waals surface area contributed by atoms with Gasteiger partial charge in [0.25, 0.3) is 0 Å². The van der Waals surface area contributed by atoms with E-state index in [4.69, 9.17) is 4.74 Å². The number of ether oxygens (including phenoxy) is 1. The predicted molar refractivity (Wildman–Crippen MR) is 66.8 cm³/mol. The maximum absolute atomic E-state index is 9.32. The van der Waals surface area contributed by atoms with Crippen LogP contribution in [0.15, 0.2) is 24.3 Å². The topological polar surface area (TPSA) is 45.0 Å². The molecule has 1 aromatic carbocycles. The van der Waals surface area contributed by atoms with Crippen LogP contribution in [0, 0.1) is 24.2 Å². The van der Waals surface area contributed by atoms with Gasteiger partial charge in [-0.05, 0) is 44.9 Å². The summed E-state index contributed by atoms with van der Waals surface area (Å²) >= 11 is 0. The Morgan fingerprint density at radius 3 is 2.53 bits per heavy atom. The summed E-state index contributed by atoms with van der Waals surface area (Å²) in [4.78, 5) is 0. The first-order valence-electron chi connectivity index (χ1n) is 6.00. The van der Waals surface area contributed by atoms with Crippen LogP contribution < -0.4 is 10.1 Å². The Kier molecular flexibility index (Phi) is 3.35. The minimum absolute atomic E-state index is 0.410. The average molecular weight is 230 g/mol. The van der Waals surface area contributed by atoms with Crippen molar-refractivity contribution in [2.45, 2.75) is 25.3 Å². The highest BCUT2D eigenvalue weighted by atomic mass is 16.5. The van der Waals surface area contributed by atoms with E-state index in [1.807, 2.05) is 38.2 Å². The zero-order valence-corrected chi connectivity index (χ0v) is 10.4. The van der Waals surface area contributed by atoms with E-state index in [1.54, 1.807) is 0 Å². The minimum Gasteiger partial charge on any atom is -0.491 e. The largest absolute Gasteiger partial charge is 0.491 e. The summed E-state index contributed by atoms with van der Waals surface area (Å²) in [5.74, 6) is 1.26. The Morgan fingerprint density at radius 1 is 1.41 bits per heavy atom. The number of likely N-dealkylation sites (N-methyl/N-ethyl adjacent to an activating group) is 1. The fraction of sp³-hybridized carbons (Fsp3) is 0.500. The fourth-order valence-electron chi connectivity index (χ4n) is 1.98. The maximum atomic E-state index is 9.32. The van der Waals surface area contributed by atoms with Crippen LogP contribution in [0.25, 0.3) is 0 Å². The second kappa shape index (κ2) is 4.77. The fourth-order valence-corrected chi connectivity index (χ4v) is 1.98. The van der Waals surface area contributed by atoms with Gasteiger partial charge in [0, 0.05) is 0 Å². The summed E-state index contributed by atoms with van der Waals surface area (Å²) in [6.45, 7) is 2.45. The van der Waals surface area contributed by atoms with Crippen molar-refractivity contribution in [2.75, 3.05) is 13.7 Å². The van der Waals surface area contributed by atoms with Crippen LogP contribution >= 0.6 is 0 Å². The van der Waals surface area contributed by atoms with E-state index in [2.05, 4.69) is 11.4 Å². The van der Waals surface area contributed by atoms with Crippen LogP contribution in [0.2, 0.25) is 0 Å². The minimum atomic E-state index is -0.523. The van der Waals surface area contributed by atoms with Gasteiger partial charge in [0.1, 0.15) is 17.9 Å². The van der Waals surface area contributed by atoms with Crippen LogP contribution in [-0.2, 0) is 0 Å². The molecule has 0 heterocycles. The van der Waals surface area contributed by atoms with Crippen molar-refractivity contribution in [3.63, 3.8) is 0 Å². The second-order valence-corrected chi connectivity index (χ2v) is 4.71. The first-order chi connectivity index (χ1) is 8.20. The van der Waals surface area contributed by atoms with Crippen molar-refractivity contribution >= 4 is 0 Å². The lowest BCUT2D eigenvalue weighted by atomic mass is 9.96. The molecule has 2 rings (SSSR count). The van der Waals surface area contributed by atoms with E-state index in [-0.39, 0.29) is 0 Å². The quantitative estimate of drug-likeness (QED) is 0.844. The Bertz CT molecular complexity index is 417. The number of nitrogens with zero attached hydrogens (tertiary/aromatic N) is 1. The summed E-state index contributed by atoms with van der Waals surface area (Å²) in [5, 5.41) is 12.4. The van der Waals surface area contributed by atoms with Crippen LogP contribution in [-0.4, -0.2) is 19.2 Å². The second-order valence-electron chi connectivity index (χ2n) is 4.71. The third-order valence-electron chi connectivity index (χ3n) is 3.41. The standard InChI is InChI=1S/C14H18N2O/c1-11-3-7-13(8-4-11)17-10-14(9-15,16-2)12-5-6-12/h3-4,7-8,12,16H,5-6,10H2,1-2H3. The van der Waals surface area contributed by atoms with Crippen molar-refractivity contribution in [3.8, 4) is 11.8 Å². The molecule has 0 amide bonds. The number of nitrogens with one attached hydrogen (secondary N) is 1. The van der Waals surface area contributed by atoms with Gasteiger partial charge < -0.3 is 4.74 Å². The van der Waals surface area contributed by atoms with E-state index in [0.717, 1.165) is 18.6 Å². The van der Waals surface area contributed by atoms with Gasteiger partial charge in [-0.2, -0.15) is 5.26 Å². The number of hydrogen-bond acceptors (Lipinski definition) is 3. The molecule has 0 bridgehead atoms. The molecule has 1 aliphatic rings. The summed E-state index contributed by atoms with van der Waals surface area (Å²) in [5.41, 5.74) is 0.685. The van der Waals surface area contributed by atoms with Crippen molar-refractivity contribution in [3.05, 3.63) is 29.8 Å². The lowest BCUT2D eigenvalue weighted by Crippen LogP contribution is -2.49. The SMILES string of the molecule is CNC(C#N)(COc1ccc(C)cc1)C1CC1. The molecule has 1 fully saturated rings. The Balaban J connectivity index is 2.00. The monoisotopic (exact) mass is 230 g/mol. The number of nitriles is 1. The van der Waals surface area contributed by atoms with Crippen molar-refractivity contribution in [1.29, 1.82) is 5.26 Å². The van der Waals surface area contributed by atoms with Gasteiger partial charge in [0.05, 0.1) is 6.07 Å². The molecule has 3 heteroatoms. The van der Waals surface area contributed by atoms with Crippen LogP contribution in [0.1, 0.15) is 18.4 Å². The molecule has 1 aromatic rings. The molecule has 0 spiro atoms. The predicted octanol–water partition coefficient (Wildman–Crippen LogP) is 2.27. The summed E-state index contributed by atoms with van der Waals surface area (Å²) in [7, 11) is 1.83. The highest BCUT2D eigenvalue weighted by Gasteiger charge is 2.45. The molecular weight excluding hydrogens is 212 g/mol. The van der Waals surface area contributed by atoms with Gasteiger partial charge in [-0.1, -0.05) is 17.7 Å². The smallest absolute Gasteiger partial charge is 0.143 e. The molecule has 0 saturated heterocycles. The molecule has 1 saturated carbocycles. The lowest BCUT2D eigenvalue weighted by Gasteiger charge is -2.25. The van der Waals surface area contributed by atoms with Gasteiger partial charge in [0.15, 0.2) is 0 Å². The van der Waals surface area contributed by atoms with Crippen LogP contribution in [0.4, 0.5) is 0 Å². The zero-order chi connectivity index (χ0) is 12.3. The average Bonchev–Trinajstić information content (AvgIpc) is 3.18. The summed E-state index contributed by atoms with van der Waals surface area (Å²) in [6.07, 6.45) is 2.23. The summed E-state index contributed by atoms with van der Waals surface area (Å²) < 4.78 is 5.72. The molecule has 0 radical (unpaired) electrons. The van der Waals surface area contributed by atoms with Crippen molar-refractivity contribution < 1.29 is 4.74 Å². The number of benzene rings is 1. The van der Waals surface area contributed by atoms with E-state index in [0.29, 0.717) is 12.5 Å². The first-order valence-corrected chi connectivity index (χ1v) is 6.00. The Hall–Kier alpha value is -1.53. The van der Waals surface area contributed by atoms with E-state index in [9.17, 15) is 5.26 Å². The van der Waals surface area contributed by atoms with E-state index in [1.165, 1.54) is 5.56 Å². The highest BCUT2D eigenvalue weighted by Crippen LogP contribution is 2.39. The van der Waals surface area contributed by atoms with Gasteiger partial charge in [-0.15, -0.1) is 0 Å². The van der Waals surface area contributed by atoms with Crippen LogP contribution in [0.5, 0.6) is 5.75 Å². The molecule has 1 atom stereocenters. The molecule has 90 valence electrons. The number of rotatable bonds is 5. The third kappa shape index (κ3) is 2.59. The number of hydrogen-bond donors (Lipinski definition) is 1. The molecule has 17 heavy (non-hydrogen) atoms. The first kappa shape index (κ1) is 11.9. The van der Waals surface area contributed by atoms with Gasteiger partial charge >= 0.3 is 0 Å². The van der Waals surface area contributed by atoms with Crippen molar-refractivity contribution in [2.24, 2.45) is 5.92 Å². The molecule has 1 unspecified atom stereocenters. The van der Waals surface area contributed by atoms with E-state index < -0.39 is 5.54 Å². The van der Waals surface area contributed by atoms with Gasteiger partial charge in [-0.25, -0.2) is 0 Å². The highest BCUT2D eigenvalue weighted by molar-refractivity contribution is 5.27.